The molecule has 0 saturated carbocycles. The molecule has 0 radical (unpaired) electrons. The average molecular weight is 139 g/mol. The maximum absolute atomic E-state index is 5.25. The van der Waals surface area contributed by atoms with Crippen molar-refractivity contribution in [3.63, 3.8) is 0 Å². The fourth-order valence-electron chi connectivity index (χ4n) is 0.409. The molecule has 1 aromatic rings. The van der Waals surface area contributed by atoms with Gasteiger partial charge in [0.1, 0.15) is 5.82 Å². The maximum atomic E-state index is 5.25. The lowest BCUT2D eigenvalue weighted by Crippen LogP contribution is -1.92. The Hall–Kier alpha value is -1.12. The number of hydrogen-bond acceptors (Lipinski definition) is 3. The van der Waals surface area contributed by atoms with Crippen LogP contribution in [0.25, 0.3) is 0 Å². The van der Waals surface area contributed by atoms with Crippen LogP contribution in [-0.2, 0) is 0 Å². The molecule has 0 unspecified atom stereocenters. The van der Waals surface area contributed by atoms with Gasteiger partial charge in [0, 0.05) is 0 Å². The first-order chi connectivity index (χ1) is 4.79. The molecule has 1 heterocycles. The van der Waals surface area contributed by atoms with Crippen molar-refractivity contribution in [1.82, 2.24) is 10.2 Å². The smallest absolute Gasteiger partial charge is 0.146 e. The first-order valence-electron chi connectivity index (χ1n) is 3.35. The van der Waals surface area contributed by atoms with Crippen LogP contribution < -0.4 is 5.73 Å². The fourth-order valence-corrected chi connectivity index (χ4v) is 0.409. The highest BCUT2D eigenvalue weighted by molar-refractivity contribution is 5.24. The molecule has 3 nitrogen and oxygen atoms in total. The van der Waals surface area contributed by atoms with Crippen LogP contribution in [0.3, 0.4) is 0 Å². The van der Waals surface area contributed by atoms with E-state index in [9.17, 15) is 0 Å². The summed E-state index contributed by atoms with van der Waals surface area (Å²) in [5.41, 5.74) is 6.14. The van der Waals surface area contributed by atoms with E-state index in [1.54, 1.807) is 6.07 Å². The van der Waals surface area contributed by atoms with Crippen molar-refractivity contribution < 1.29 is 0 Å². The van der Waals surface area contributed by atoms with Gasteiger partial charge in [-0.15, -0.1) is 5.10 Å². The summed E-state index contributed by atoms with van der Waals surface area (Å²) in [5, 5.41) is 7.31. The number of aromatic nitrogens is 2. The summed E-state index contributed by atoms with van der Waals surface area (Å²) in [6.45, 7) is 5.87. The quantitative estimate of drug-likeness (QED) is 0.591. The lowest BCUT2D eigenvalue weighted by Gasteiger charge is -1.87. The van der Waals surface area contributed by atoms with Gasteiger partial charge < -0.3 is 5.73 Å². The summed E-state index contributed by atoms with van der Waals surface area (Å²) in [6, 6.07) is 3.55. The van der Waals surface area contributed by atoms with Crippen molar-refractivity contribution >= 4 is 5.82 Å². The van der Waals surface area contributed by atoms with Gasteiger partial charge in [-0.25, -0.2) is 0 Å². The van der Waals surface area contributed by atoms with Gasteiger partial charge in [-0.3, -0.25) is 0 Å². The van der Waals surface area contributed by atoms with E-state index >= 15 is 0 Å². The van der Waals surface area contributed by atoms with E-state index in [-0.39, 0.29) is 0 Å². The Kier molecular flexibility index (Phi) is 4.20. The molecule has 0 amide bonds. The Labute approximate surface area is 61.3 Å². The van der Waals surface area contributed by atoms with E-state index in [1.807, 2.05) is 26.8 Å². The molecular formula is C7H13N3. The van der Waals surface area contributed by atoms with Gasteiger partial charge in [0.25, 0.3) is 0 Å². The average Bonchev–Trinajstić information content (AvgIpc) is 2.00. The van der Waals surface area contributed by atoms with E-state index in [0.29, 0.717) is 5.82 Å². The van der Waals surface area contributed by atoms with Gasteiger partial charge in [-0.2, -0.15) is 5.10 Å². The van der Waals surface area contributed by atoms with Crippen molar-refractivity contribution in [1.29, 1.82) is 0 Å². The minimum Gasteiger partial charge on any atom is -0.382 e. The second-order valence-electron chi connectivity index (χ2n) is 1.60. The van der Waals surface area contributed by atoms with E-state index in [1.165, 1.54) is 0 Å². The minimum absolute atomic E-state index is 0.468. The zero-order valence-electron chi connectivity index (χ0n) is 6.63. The molecule has 3 heteroatoms. The van der Waals surface area contributed by atoms with Crippen molar-refractivity contribution in [3.8, 4) is 0 Å². The van der Waals surface area contributed by atoms with E-state index in [4.69, 9.17) is 5.73 Å². The zero-order valence-corrected chi connectivity index (χ0v) is 6.63. The molecule has 1 aromatic heterocycles. The van der Waals surface area contributed by atoms with Crippen LogP contribution in [0.5, 0.6) is 0 Å². The first-order valence-corrected chi connectivity index (χ1v) is 3.35. The lowest BCUT2D eigenvalue weighted by molar-refractivity contribution is 0.990. The van der Waals surface area contributed by atoms with Crippen molar-refractivity contribution in [2.24, 2.45) is 0 Å². The summed E-state index contributed by atoms with van der Waals surface area (Å²) in [6.07, 6.45) is 0. The van der Waals surface area contributed by atoms with Crippen molar-refractivity contribution in [2.45, 2.75) is 20.8 Å². The van der Waals surface area contributed by atoms with Gasteiger partial charge >= 0.3 is 0 Å². The molecule has 0 atom stereocenters. The SMILES string of the molecule is CC.Cc1ccc(N)nn1. The van der Waals surface area contributed by atoms with Crippen LogP contribution in [0.2, 0.25) is 0 Å². The van der Waals surface area contributed by atoms with E-state index in [2.05, 4.69) is 10.2 Å². The third-order valence-electron chi connectivity index (χ3n) is 0.819. The van der Waals surface area contributed by atoms with E-state index < -0.39 is 0 Å². The normalized spacial score (nSPS) is 7.90. The molecule has 0 aliphatic heterocycles. The Morgan fingerprint density at radius 1 is 1.20 bits per heavy atom. The summed E-state index contributed by atoms with van der Waals surface area (Å²) < 4.78 is 0. The molecule has 0 bridgehead atoms. The summed E-state index contributed by atoms with van der Waals surface area (Å²) >= 11 is 0. The molecule has 56 valence electrons. The number of aryl methyl sites for hydroxylation is 1. The second kappa shape index (κ2) is 4.73. The standard InChI is InChI=1S/C5H7N3.C2H6/c1-4-2-3-5(6)8-7-4;1-2/h2-3H,1H3,(H2,6,8);1-2H3. The molecule has 0 aliphatic rings. The first kappa shape index (κ1) is 8.88. The predicted octanol–water partition coefficient (Wildman–Crippen LogP) is 1.39. The summed E-state index contributed by atoms with van der Waals surface area (Å²) in [4.78, 5) is 0. The van der Waals surface area contributed by atoms with Gasteiger partial charge in [-0.05, 0) is 19.1 Å². The topological polar surface area (TPSA) is 51.8 Å². The molecule has 0 aromatic carbocycles. The minimum atomic E-state index is 0.468. The number of rotatable bonds is 0. The molecule has 0 saturated heterocycles. The Balaban J connectivity index is 0.000000371. The van der Waals surface area contributed by atoms with Crippen molar-refractivity contribution in [2.75, 3.05) is 5.73 Å². The van der Waals surface area contributed by atoms with Crippen LogP contribution >= 0.6 is 0 Å². The van der Waals surface area contributed by atoms with Crippen LogP contribution in [0.15, 0.2) is 12.1 Å². The number of nitrogens with two attached hydrogens (primary N) is 1. The summed E-state index contributed by atoms with van der Waals surface area (Å²) in [5.74, 6) is 0.468. The van der Waals surface area contributed by atoms with Gasteiger partial charge in [-0.1, -0.05) is 13.8 Å². The highest BCUT2D eigenvalue weighted by Gasteiger charge is 1.83. The Bertz CT molecular complexity index is 148. The second-order valence-corrected chi connectivity index (χ2v) is 1.60. The molecule has 1 rings (SSSR count). The molecular weight excluding hydrogens is 126 g/mol. The monoisotopic (exact) mass is 139 g/mol. The fraction of sp³-hybridized carbons (Fsp3) is 0.429. The number of hydrogen-bond donors (Lipinski definition) is 1. The summed E-state index contributed by atoms with van der Waals surface area (Å²) in [7, 11) is 0. The van der Waals surface area contributed by atoms with Crippen LogP contribution in [0.1, 0.15) is 19.5 Å². The lowest BCUT2D eigenvalue weighted by atomic mass is 10.4. The van der Waals surface area contributed by atoms with Gasteiger partial charge in [0.15, 0.2) is 0 Å². The van der Waals surface area contributed by atoms with E-state index in [0.717, 1.165) is 5.69 Å². The van der Waals surface area contributed by atoms with Gasteiger partial charge in [0.05, 0.1) is 5.69 Å². The highest BCUT2D eigenvalue weighted by Crippen LogP contribution is 1.92. The largest absolute Gasteiger partial charge is 0.382 e. The third kappa shape index (κ3) is 3.02. The molecule has 0 fully saturated rings. The number of nitrogen functional groups attached to an aromatic ring is 1. The maximum Gasteiger partial charge on any atom is 0.146 e. The predicted molar refractivity (Wildman–Crippen MR) is 42.5 cm³/mol. The number of nitrogens with zero attached hydrogens (tertiary/aromatic N) is 2. The van der Waals surface area contributed by atoms with Crippen LogP contribution in [-0.4, -0.2) is 10.2 Å². The Morgan fingerprint density at radius 2 is 1.80 bits per heavy atom. The van der Waals surface area contributed by atoms with Gasteiger partial charge in [0.2, 0.25) is 0 Å². The highest BCUT2D eigenvalue weighted by atomic mass is 15.1. The van der Waals surface area contributed by atoms with Crippen LogP contribution in [0.4, 0.5) is 5.82 Å². The molecule has 0 spiro atoms. The van der Waals surface area contributed by atoms with Crippen molar-refractivity contribution in [3.05, 3.63) is 17.8 Å². The number of anilines is 1. The molecule has 0 aliphatic carbocycles. The molecule has 2 N–H and O–H groups in total. The third-order valence-corrected chi connectivity index (χ3v) is 0.819. The molecule has 10 heavy (non-hydrogen) atoms. The van der Waals surface area contributed by atoms with Crippen LogP contribution in [0, 0.1) is 6.92 Å². The zero-order chi connectivity index (χ0) is 7.98. The Morgan fingerprint density at radius 3 is 2.10 bits per heavy atom.